The van der Waals surface area contributed by atoms with E-state index < -0.39 is 26.3 Å². The van der Waals surface area contributed by atoms with Gasteiger partial charge in [0.1, 0.15) is 24.1 Å². The summed E-state index contributed by atoms with van der Waals surface area (Å²) < 4.78 is 34.1. The molecule has 10 nitrogen and oxygen atoms in total. The molecule has 0 radical (unpaired) electrons. The van der Waals surface area contributed by atoms with Gasteiger partial charge in [-0.1, -0.05) is 19.8 Å². The fourth-order valence-corrected chi connectivity index (χ4v) is 4.02. The SMILES string of the molecule is CCCCCOc1cc(C#N)cc(OCCCCOP(=O)(O)OC(CC(=O)O)C[N+](C)(C)C)c1. The van der Waals surface area contributed by atoms with Crippen molar-refractivity contribution in [3.05, 3.63) is 23.8 Å². The number of nitrogens with zero attached hydrogens (tertiary/aromatic N) is 2. The Hall–Kier alpha value is -2.15. The van der Waals surface area contributed by atoms with Crippen LogP contribution in [0.2, 0.25) is 0 Å². The van der Waals surface area contributed by atoms with Crippen molar-refractivity contribution < 1.29 is 42.4 Å². The minimum Gasteiger partial charge on any atom is -0.493 e. The largest absolute Gasteiger partial charge is 0.493 e. The van der Waals surface area contributed by atoms with Crippen LogP contribution >= 0.6 is 7.82 Å². The highest BCUT2D eigenvalue weighted by Gasteiger charge is 2.31. The topological polar surface area (TPSA) is 135 Å². The monoisotopic (exact) mass is 501 g/mol. The number of carboxylic acids is 1. The smallest absolute Gasteiger partial charge is 0.472 e. The van der Waals surface area contributed by atoms with Gasteiger partial charge in [-0.25, -0.2) is 4.57 Å². The van der Waals surface area contributed by atoms with Crippen molar-refractivity contribution in [1.29, 1.82) is 5.26 Å². The van der Waals surface area contributed by atoms with E-state index in [0.717, 1.165) is 19.3 Å². The van der Waals surface area contributed by atoms with Crippen LogP contribution in [0.5, 0.6) is 11.5 Å². The molecule has 2 N–H and O–H groups in total. The first-order valence-corrected chi connectivity index (χ1v) is 12.9. The van der Waals surface area contributed by atoms with Crippen molar-refractivity contribution in [3.63, 3.8) is 0 Å². The lowest BCUT2D eigenvalue weighted by Crippen LogP contribution is -2.42. The van der Waals surface area contributed by atoms with Gasteiger partial charge in [-0.15, -0.1) is 0 Å². The molecule has 0 saturated carbocycles. The molecule has 0 spiro atoms. The van der Waals surface area contributed by atoms with Crippen molar-refractivity contribution in [1.82, 2.24) is 0 Å². The number of likely N-dealkylation sites (N-methyl/N-ethyl adjacent to an activating group) is 1. The van der Waals surface area contributed by atoms with Gasteiger partial charge in [-0.2, -0.15) is 5.26 Å². The zero-order valence-corrected chi connectivity index (χ0v) is 21.5. The number of ether oxygens (including phenoxy) is 2. The average Bonchev–Trinajstić information content (AvgIpc) is 2.71. The highest BCUT2D eigenvalue weighted by Crippen LogP contribution is 2.45. The number of carboxylic acid groups (broad SMARTS) is 1. The summed E-state index contributed by atoms with van der Waals surface area (Å²) in [6.45, 7) is 3.19. The van der Waals surface area contributed by atoms with Crippen molar-refractivity contribution in [2.24, 2.45) is 0 Å². The molecule has 0 aliphatic rings. The van der Waals surface area contributed by atoms with Crippen LogP contribution in [0.25, 0.3) is 0 Å². The Kier molecular flexibility index (Phi) is 13.2. The van der Waals surface area contributed by atoms with Crippen LogP contribution in [-0.4, -0.2) is 74.1 Å². The first-order valence-electron chi connectivity index (χ1n) is 11.4. The molecule has 0 saturated heterocycles. The Morgan fingerprint density at radius 2 is 1.62 bits per heavy atom. The molecular formula is C23H38N2O8P+. The van der Waals surface area contributed by atoms with Gasteiger partial charge in [-0.05, 0) is 31.4 Å². The normalized spacial score (nSPS) is 14.1. The molecule has 1 rings (SSSR count). The second kappa shape index (κ2) is 15.0. The van der Waals surface area contributed by atoms with Gasteiger partial charge in [0, 0.05) is 6.07 Å². The molecule has 0 heterocycles. The molecule has 11 heteroatoms. The highest BCUT2D eigenvalue weighted by atomic mass is 31.2. The summed E-state index contributed by atoms with van der Waals surface area (Å²) in [5.74, 6) is -0.0272. The number of hydrogen-bond acceptors (Lipinski definition) is 7. The number of nitriles is 1. The summed E-state index contributed by atoms with van der Waals surface area (Å²) in [7, 11) is 1.09. The number of rotatable bonds is 18. The first kappa shape index (κ1) is 29.9. The Morgan fingerprint density at radius 1 is 1.06 bits per heavy atom. The molecule has 0 fully saturated rings. The van der Waals surface area contributed by atoms with E-state index in [0.29, 0.717) is 47.6 Å². The summed E-state index contributed by atoms with van der Waals surface area (Å²) in [6.07, 6.45) is 2.70. The minimum atomic E-state index is -4.40. The maximum atomic E-state index is 12.2. The third kappa shape index (κ3) is 14.2. The number of quaternary nitrogens is 1. The van der Waals surface area contributed by atoms with Crippen molar-refractivity contribution >= 4 is 13.8 Å². The standard InChI is InChI=1S/C23H37N2O8P/c1-5-6-7-10-30-20-13-19(17-24)14-21(15-20)31-11-8-9-12-32-34(28,29)33-22(16-23(26)27)18-25(2,3)4/h13-15,22H,5-12,16,18H2,1-4H3,(H-,26,27,28,29)/p+1. The number of benzene rings is 1. The maximum Gasteiger partial charge on any atom is 0.472 e. The second-order valence-electron chi connectivity index (χ2n) is 9.02. The van der Waals surface area contributed by atoms with Crippen molar-refractivity contribution in [2.75, 3.05) is 47.5 Å². The summed E-state index contributed by atoms with van der Waals surface area (Å²) >= 11 is 0. The number of phosphoric ester groups is 1. The zero-order valence-electron chi connectivity index (χ0n) is 20.6. The Morgan fingerprint density at radius 3 is 2.12 bits per heavy atom. The summed E-state index contributed by atoms with van der Waals surface area (Å²) in [5.41, 5.74) is 0.439. The van der Waals surface area contributed by atoms with Crippen LogP contribution < -0.4 is 9.47 Å². The van der Waals surface area contributed by atoms with Gasteiger partial charge < -0.3 is 24.0 Å². The lowest BCUT2D eigenvalue weighted by atomic mass is 10.2. The zero-order chi connectivity index (χ0) is 25.6. The van der Waals surface area contributed by atoms with E-state index in [1.807, 2.05) is 21.1 Å². The van der Waals surface area contributed by atoms with Gasteiger partial charge >= 0.3 is 13.8 Å². The summed E-state index contributed by atoms with van der Waals surface area (Å²) in [4.78, 5) is 21.0. The number of aliphatic carboxylic acids is 1. The van der Waals surface area contributed by atoms with Crippen LogP contribution in [0, 0.1) is 11.3 Å². The molecule has 0 amide bonds. The second-order valence-corrected chi connectivity index (χ2v) is 10.4. The number of hydrogen-bond donors (Lipinski definition) is 2. The summed E-state index contributed by atoms with van der Waals surface area (Å²) in [6, 6.07) is 7.11. The molecule has 192 valence electrons. The predicted molar refractivity (Wildman–Crippen MR) is 127 cm³/mol. The molecular weight excluding hydrogens is 463 g/mol. The Balaban J connectivity index is 2.45. The predicted octanol–water partition coefficient (Wildman–Crippen LogP) is 3.97. The summed E-state index contributed by atoms with van der Waals surface area (Å²) in [5, 5.41) is 18.2. The molecule has 2 unspecified atom stereocenters. The Labute approximate surface area is 202 Å². The molecule has 1 aromatic carbocycles. The average molecular weight is 502 g/mol. The van der Waals surface area contributed by atoms with Crippen LogP contribution in [0.15, 0.2) is 18.2 Å². The van der Waals surface area contributed by atoms with Crippen LogP contribution in [-0.2, 0) is 18.4 Å². The van der Waals surface area contributed by atoms with Crippen LogP contribution in [0.1, 0.15) is 51.0 Å². The van der Waals surface area contributed by atoms with E-state index in [1.54, 1.807) is 18.2 Å². The van der Waals surface area contributed by atoms with Gasteiger partial charge in [0.25, 0.3) is 0 Å². The number of phosphoric acid groups is 1. The molecule has 0 aliphatic heterocycles. The maximum absolute atomic E-state index is 12.2. The molecule has 1 aromatic rings. The van der Waals surface area contributed by atoms with E-state index in [-0.39, 0.29) is 13.2 Å². The van der Waals surface area contributed by atoms with Crippen LogP contribution in [0.4, 0.5) is 0 Å². The molecule has 0 bridgehead atoms. The van der Waals surface area contributed by atoms with E-state index in [2.05, 4.69) is 13.0 Å². The molecule has 34 heavy (non-hydrogen) atoms. The van der Waals surface area contributed by atoms with E-state index in [9.17, 15) is 19.5 Å². The lowest BCUT2D eigenvalue weighted by molar-refractivity contribution is -0.873. The molecule has 2 atom stereocenters. The van der Waals surface area contributed by atoms with Gasteiger partial charge in [-0.3, -0.25) is 13.8 Å². The third-order valence-corrected chi connectivity index (χ3v) is 5.60. The van der Waals surface area contributed by atoms with Crippen molar-refractivity contribution in [2.45, 2.75) is 51.6 Å². The van der Waals surface area contributed by atoms with E-state index in [1.165, 1.54) is 0 Å². The van der Waals surface area contributed by atoms with Gasteiger partial charge in [0.2, 0.25) is 0 Å². The quantitative estimate of drug-likeness (QED) is 0.174. The molecule has 0 aliphatic carbocycles. The van der Waals surface area contributed by atoms with Crippen LogP contribution in [0.3, 0.4) is 0 Å². The third-order valence-electron chi connectivity index (χ3n) is 4.52. The Bertz CT molecular complexity index is 850. The van der Waals surface area contributed by atoms with E-state index >= 15 is 0 Å². The molecule has 0 aromatic heterocycles. The van der Waals surface area contributed by atoms with E-state index in [4.69, 9.17) is 23.6 Å². The minimum absolute atomic E-state index is 0.0503. The lowest BCUT2D eigenvalue weighted by Gasteiger charge is -2.29. The fraction of sp³-hybridized carbons (Fsp3) is 0.652. The number of unbranched alkanes of at least 4 members (excludes halogenated alkanes) is 3. The van der Waals surface area contributed by atoms with Gasteiger partial charge in [0.15, 0.2) is 0 Å². The fourth-order valence-electron chi connectivity index (χ4n) is 3.08. The van der Waals surface area contributed by atoms with Crippen molar-refractivity contribution in [3.8, 4) is 17.6 Å². The van der Waals surface area contributed by atoms with Gasteiger partial charge in [0.05, 0.1) is 59.0 Å². The first-order chi connectivity index (χ1) is 15.9. The highest BCUT2D eigenvalue weighted by molar-refractivity contribution is 7.47. The number of carbonyl (C=O) groups is 1.